The van der Waals surface area contributed by atoms with Crippen molar-refractivity contribution in [2.75, 3.05) is 31.5 Å². The summed E-state index contributed by atoms with van der Waals surface area (Å²) in [6.07, 6.45) is 3.08. The molecule has 0 bridgehead atoms. The van der Waals surface area contributed by atoms with Gasteiger partial charge in [0.1, 0.15) is 0 Å². The number of nitrogens with zero attached hydrogens (tertiary/aromatic N) is 2. The second-order valence-electron chi connectivity index (χ2n) is 6.22. The van der Waals surface area contributed by atoms with Crippen molar-refractivity contribution >= 4 is 34.9 Å². The van der Waals surface area contributed by atoms with Gasteiger partial charge in [-0.1, -0.05) is 29.6 Å². The van der Waals surface area contributed by atoms with Crippen LogP contribution in [0.1, 0.15) is 19.3 Å². The summed E-state index contributed by atoms with van der Waals surface area (Å²) < 4.78 is 0. The fourth-order valence-corrected chi connectivity index (χ4v) is 3.90. The summed E-state index contributed by atoms with van der Waals surface area (Å²) in [6.45, 7) is 2.89. The third kappa shape index (κ3) is 4.10. The summed E-state index contributed by atoms with van der Waals surface area (Å²) in [5, 5.41) is 14.1. The van der Waals surface area contributed by atoms with E-state index in [-0.39, 0.29) is 12.1 Å². The van der Waals surface area contributed by atoms with Crippen LogP contribution in [-0.4, -0.2) is 59.3 Å². The Labute approximate surface area is 146 Å². The van der Waals surface area contributed by atoms with Gasteiger partial charge in [0.25, 0.3) is 0 Å². The molecular formula is C16H21Cl2N3O2. The molecule has 0 aromatic heterocycles. The number of aliphatic hydroxyl groups excluding tert-OH is 1. The third-order valence-electron chi connectivity index (χ3n) is 4.52. The van der Waals surface area contributed by atoms with Crippen LogP contribution in [0.3, 0.4) is 0 Å². The van der Waals surface area contributed by atoms with E-state index in [1.807, 2.05) is 0 Å². The molecule has 2 amide bonds. The van der Waals surface area contributed by atoms with E-state index >= 15 is 0 Å². The summed E-state index contributed by atoms with van der Waals surface area (Å²) in [5.41, 5.74) is 0.559. The first kappa shape index (κ1) is 16.8. The minimum absolute atomic E-state index is 0.0315. The number of β-amino-alcohol motifs (C(OH)–C–C–N with tert-alkyl or cyclic N) is 1. The second-order valence-corrected chi connectivity index (χ2v) is 7.10. The minimum Gasteiger partial charge on any atom is -0.390 e. The number of hydrogen-bond donors (Lipinski definition) is 2. The van der Waals surface area contributed by atoms with E-state index in [9.17, 15) is 9.90 Å². The fraction of sp³-hybridized carbons (Fsp3) is 0.562. The number of halogens is 2. The lowest BCUT2D eigenvalue weighted by Gasteiger charge is -2.33. The Bertz CT molecular complexity index is 558. The van der Waals surface area contributed by atoms with Gasteiger partial charge in [-0.25, -0.2) is 4.79 Å². The first-order valence-corrected chi connectivity index (χ1v) is 8.72. The lowest BCUT2D eigenvalue weighted by molar-refractivity contribution is 0.0706. The molecule has 3 rings (SSSR count). The molecule has 2 saturated heterocycles. The van der Waals surface area contributed by atoms with E-state index in [1.54, 1.807) is 23.1 Å². The van der Waals surface area contributed by atoms with Crippen LogP contribution in [0.4, 0.5) is 10.5 Å². The van der Waals surface area contributed by atoms with Gasteiger partial charge in [0, 0.05) is 22.3 Å². The number of aliphatic hydroxyl groups is 1. The number of urea groups is 1. The van der Waals surface area contributed by atoms with Crippen molar-refractivity contribution < 1.29 is 9.90 Å². The van der Waals surface area contributed by atoms with Crippen LogP contribution in [0.5, 0.6) is 0 Å². The minimum atomic E-state index is -0.498. The first-order chi connectivity index (χ1) is 11.0. The molecule has 2 fully saturated rings. The highest BCUT2D eigenvalue weighted by Crippen LogP contribution is 2.24. The van der Waals surface area contributed by atoms with E-state index in [4.69, 9.17) is 23.2 Å². The van der Waals surface area contributed by atoms with Gasteiger partial charge in [-0.2, -0.15) is 0 Å². The summed E-state index contributed by atoms with van der Waals surface area (Å²) in [7, 11) is 0. The van der Waals surface area contributed by atoms with E-state index in [0.717, 1.165) is 25.9 Å². The molecule has 1 aromatic rings. The number of nitrogens with one attached hydrogen (secondary N) is 1. The van der Waals surface area contributed by atoms with Gasteiger partial charge in [-0.05, 0) is 44.1 Å². The van der Waals surface area contributed by atoms with Crippen molar-refractivity contribution in [3.8, 4) is 0 Å². The molecule has 126 valence electrons. The molecule has 2 unspecified atom stereocenters. The molecule has 0 saturated carbocycles. The maximum absolute atomic E-state index is 12.4. The van der Waals surface area contributed by atoms with Crippen LogP contribution >= 0.6 is 23.2 Å². The average Bonchev–Trinajstić information content (AvgIpc) is 2.89. The number of amides is 2. The quantitative estimate of drug-likeness (QED) is 0.855. The zero-order chi connectivity index (χ0) is 16.4. The number of hydrogen-bond acceptors (Lipinski definition) is 3. The molecule has 0 spiro atoms. The molecule has 0 radical (unpaired) electrons. The molecule has 5 nitrogen and oxygen atoms in total. The molecule has 2 N–H and O–H groups in total. The number of rotatable bonds is 2. The Kier molecular flexibility index (Phi) is 5.31. The van der Waals surface area contributed by atoms with Crippen LogP contribution in [0.25, 0.3) is 0 Å². The lowest BCUT2D eigenvalue weighted by atomic mass is 10.1. The largest absolute Gasteiger partial charge is 0.390 e. The predicted octanol–water partition coefficient (Wildman–Crippen LogP) is 3.06. The van der Waals surface area contributed by atoms with E-state index in [1.165, 1.54) is 6.42 Å². The normalized spacial score (nSPS) is 25.6. The van der Waals surface area contributed by atoms with Gasteiger partial charge in [-0.15, -0.1) is 0 Å². The fourth-order valence-electron chi connectivity index (χ4n) is 3.37. The van der Waals surface area contributed by atoms with Crippen molar-refractivity contribution in [3.63, 3.8) is 0 Å². The summed E-state index contributed by atoms with van der Waals surface area (Å²) >= 11 is 11.9. The van der Waals surface area contributed by atoms with E-state index < -0.39 is 6.10 Å². The Hall–Kier alpha value is -1.01. The van der Waals surface area contributed by atoms with Crippen molar-refractivity contribution in [2.24, 2.45) is 0 Å². The van der Waals surface area contributed by atoms with Crippen molar-refractivity contribution in [1.82, 2.24) is 9.80 Å². The topological polar surface area (TPSA) is 55.8 Å². The van der Waals surface area contributed by atoms with Crippen molar-refractivity contribution in [2.45, 2.75) is 31.4 Å². The van der Waals surface area contributed by atoms with Crippen LogP contribution in [0, 0.1) is 0 Å². The van der Waals surface area contributed by atoms with Gasteiger partial charge in [0.15, 0.2) is 0 Å². The summed E-state index contributed by atoms with van der Waals surface area (Å²) in [5.74, 6) is 0. The Morgan fingerprint density at radius 3 is 2.39 bits per heavy atom. The molecular weight excluding hydrogens is 337 g/mol. The molecule has 1 aromatic carbocycles. The van der Waals surface area contributed by atoms with Crippen LogP contribution in [0.15, 0.2) is 18.2 Å². The SMILES string of the molecule is O=C(Nc1cc(Cl)cc(Cl)c1)N1CC(O)C(N2CCCCC2)C1. The highest BCUT2D eigenvalue weighted by atomic mass is 35.5. The van der Waals surface area contributed by atoms with Crippen molar-refractivity contribution in [1.29, 1.82) is 0 Å². The molecule has 2 heterocycles. The molecule has 2 aliphatic heterocycles. The van der Waals surface area contributed by atoms with Gasteiger partial charge in [-0.3, -0.25) is 4.90 Å². The summed E-state index contributed by atoms with van der Waals surface area (Å²) in [6, 6.07) is 4.72. The molecule has 7 heteroatoms. The molecule has 23 heavy (non-hydrogen) atoms. The zero-order valence-corrected chi connectivity index (χ0v) is 14.4. The van der Waals surface area contributed by atoms with Gasteiger partial charge < -0.3 is 15.3 Å². The lowest BCUT2D eigenvalue weighted by Crippen LogP contribution is -2.46. The summed E-state index contributed by atoms with van der Waals surface area (Å²) in [4.78, 5) is 16.4. The third-order valence-corrected chi connectivity index (χ3v) is 4.96. The highest BCUT2D eigenvalue weighted by Gasteiger charge is 2.37. The monoisotopic (exact) mass is 357 g/mol. The highest BCUT2D eigenvalue weighted by molar-refractivity contribution is 6.35. The van der Waals surface area contributed by atoms with Crippen LogP contribution in [-0.2, 0) is 0 Å². The van der Waals surface area contributed by atoms with Gasteiger partial charge >= 0.3 is 6.03 Å². The van der Waals surface area contributed by atoms with Crippen molar-refractivity contribution in [3.05, 3.63) is 28.2 Å². The Balaban J connectivity index is 1.62. The van der Waals surface area contributed by atoms with Gasteiger partial charge in [0.2, 0.25) is 0 Å². The number of piperidine rings is 1. The second kappa shape index (κ2) is 7.26. The Morgan fingerprint density at radius 1 is 1.09 bits per heavy atom. The smallest absolute Gasteiger partial charge is 0.321 e. The zero-order valence-electron chi connectivity index (χ0n) is 12.8. The van der Waals surface area contributed by atoms with Gasteiger partial charge in [0.05, 0.1) is 18.7 Å². The molecule has 2 aliphatic rings. The van der Waals surface area contributed by atoms with E-state index in [2.05, 4.69) is 10.2 Å². The van der Waals surface area contributed by atoms with Crippen LogP contribution < -0.4 is 5.32 Å². The van der Waals surface area contributed by atoms with Crippen LogP contribution in [0.2, 0.25) is 10.0 Å². The standard InChI is InChI=1S/C16H21Cl2N3O2/c17-11-6-12(18)8-13(7-11)19-16(23)21-9-14(15(22)10-21)20-4-2-1-3-5-20/h6-8,14-15,22H,1-5,9-10H2,(H,19,23). The maximum atomic E-state index is 12.4. The maximum Gasteiger partial charge on any atom is 0.321 e. The molecule has 0 aliphatic carbocycles. The number of carbonyl (C=O) groups is 1. The number of carbonyl (C=O) groups excluding carboxylic acids is 1. The predicted molar refractivity (Wildman–Crippen MR) is 92.3 cm³/mol. The number of likely N-dealkylation sites (tertiary alicyclic amines) is 2. The number of anilines is 1. The number of benzene rings is 1. The molecule has 2 atom stereocenters. The van der Waals surface area contributed by atoms with E-state index in [0.29, 0.717) is 28.8 Å². The Morgan fingerprint density at radius 2 is 1.74 bits per heavy atom. The average molecular weight is 358 g/mol. The first-order valence-electron chi connectivity index (χ1n) is 7.97.